The molecule has 0 bridgehead atoms. The second-order valence-corrected chi connectivity index (χ2v) is 5.12. The number of rotatable bonds is 4. The largest absolute Gasteiger partial charge is 0.376 e. The molecule has 1 aliphatic heterocycles. The van der Waals surface area contributed by atoms with E-state index >= 15 is 0 Å². The van der Waals surface area contributed by atoms with Crippen LogP contribution in [0.2, 0.25) is 0 Å². The standard InChI is InChI=1S/C14H22N2O2/c1-4-13-10-18-11(2)7-16(13)9-14(17)12-5-6-15(3)8-12/h5-6,8,11,13H,4,7,9-10H2,1-3H3. The van der Waals surface area contributed by atoms with Crippen molar-refractivity contribution in [3.63, 3.8) is 0 Å². The van der Waals surface area contributed by atoms with E-state index < -0.39 is 0 Å². The first kappa shape index (κ1) is 13.3. The number of aryl methyl sites for hydroxylation is 1. The molecule has 18 heavy (non-hydrogen) atoms. The second-order valence-electron chi connectivity index (χ2n) is 5.12. The molecule has 0 aromatic carbocycles. The Kier molecular flexibility index (Phi) is 4.19. The number of ketones is 1. The molecule has 1 aromatic heterocycles. The monoisotopic (exact) mass is 250 g/mol. The van der Waals surface area contributed by atoms with Gasteiger partial charge in [0.05, 0.1) is 19.3 Å². The van der Waals surface area contributed by atoms with Gasteiger partial charge in [0.2, 0.25) is 0 Å². The molecule has 0 radical (unpaired) electrons. The van der Waals surface area contributed by atoms with Crippen molar-refractivity contribution in [1.29, 1.82) is 0 Å². The van der Waals surface area contributed by atoms with Gasteiger partial charge in [0, 0.05) is 37.6 Å². The summed E-state index contributed by atoms with van der Waals surface area (Å²) in [5.41, 5.74) is 0.798. The highest BCUT2D eigenvalue weighted by atomic mass is 16.5. The molecular weight excluding hydrogens is 228 g/mol. The predicted octanol–water partition coefficient (Wildman–Crippen LogP) is 1.71. The first-order chi connectivity index (χ1) is 8.60. The Morgan fingerprint density at radius 2 is 2.33 bits per heavy atom. The summed E-state index contributed by atoms with van der Waals surface area (Å²) in [6, 6.07) is 2.25. The Hall–Kier alpha value is -1.13. The van der Waals surface area contributed by atoms with Crippen molar-refractivity contribution in [3.05, 3.63) is 24.0 Å². The van der Waals surface area contributed by atoms with Crippen molar-refractivity contribution < 1.29 is 9.53 Å². The van der Waals surface area contributed by atoms with Crippen LogP contribution in [0.5, 0.6) is 0 Å². The molecule has 4 heteroatoms. The first-order valence-electron chi connectivity index (χ1n) is 6.61. The van der Waals surface area contributed by atoms with Gasteiger partial charge in [-0.3, -0.25) is 9.69 Å². The number of nitrogens with zero attached hydrogens (tertiary/aromatic N) is 2. The molecule has 0 amide bonds. The maximum atomic E-state index is 12.2. The average Bonchev–Trinajstić information content (AvgIpc) is 2.76. The van der Waals surface area contributed by atoms with Crippen LogP contribution in [0.25, 0.3) is 0 Å². The number of morpholine rings is 1. The van der Waals surface area contributed by atoms with Gasteiger partial charge in [-0.2, -0.15) is 0 Å². The van der Waals surface area contributed by atoms with Gasteiger partial charge in [-0.05, 0) is 19.4 Å². The minimum Gasteiger partial charge on any atom is -0.376 e. The molecule has 2 rings (SSSR count). The van der Waals surface area contributed by atoms with Crippen molar-refractivity contribution in [2.24, 2.45) is 7.05 Å². The van der Waals surface area contributed by atoms with E-state index in [1.165, 1.54) is 0 Å². The number of Topliss-reactive ketones (excluding diaryl/α,β-unsaturated/α-hetero) is 1. The summed E-state index contributed by atoms with van der Waals surface area (Å²) < 4.78 is 7.56. The molecule has 2 unspecified atom stereocenters. The molecule has 0 aliphatic carbocycles. The van der Waals surface area contributed by atoms with Crippen LogP contribution in [0.3, 0.4) is 0 Å². The fraction of sp³-hybridized carbons (Fsp3) is 0.643. The topological polar surface area (TPSA) is 34.5 Å². The minimum absolute atomic E-state index is 0.197. The lowest BCUT2D eigenvalue weighted by atomic mass is 10.1. The molecule has 1 fully saturated rings. The van der Waals surface area contributed by atoms with Gasteiger partial charge in [0.15, 0.2) is 5.78 Å². The Balaban J connectivity index is 2.00. The lowest BCUT2D eigenvalue weighted by Crippen LogP contribution is -2.50. The predicted molar refractivity (Wildman–Crippen MR) is 70.8 cm³/mol. The normalized spacial score (nSPS) is 25.3. The van der Waals surface area contributed by atoms with E-state index in [0.717, 1.165) is 25.1 Å². The zero-order valence-corrected chi connectivity index (χ0v) is 11.4. The fourth-order valence-electron chi connectivity index (χ4n) is 2.43. The van der Waals surface area contributed by atoms with Gasteiger partial charge in [-0.15, -0.1) is 0 Å². The van der Waals surface area contributed by atoms with Gasteiger partial charge in [-0.1, -0.05) is 6.92 Å². The van der Waals surface area contributed by atoms with Crippen LogP contribution < -0.4 is 0 Å². The number of carbonyl (C=O) groups excluding carboxylic acids is 1. The van der Waals surface area contributed by atoms with Gasteiger partial charge in [0.25, 0.3) is 0 Å². The van der Waals surface area contributed by atoms with Crippen LogP contribution in [-0.4, -0.2) is 47.1 Å². The summed E-state index contributed by atoms with van der Waals surface area (Å²) in [4.78, 5) is 14.5. The van der Waals surface area contributed by atoms with Crippen molar-refractivity contribution >= 4 is 5.78 Å². The van der Waals surface area contributed by atoms with Crippen LogP contribution in [0.1, 0.15) is 30.6 Å². The first-order valence-corrected chi connectivity index (χ1v) is 6.61. The van der Waals surface area contributed by atoms with E-state index in [4.69, 9.17) is 4.74 Å². The number of carbonyl (C=O) groups is 1. The van der Waals surface area contributed by atoms with E-state index in [2.05, 4.69) is 18.7 Å². The molecule has 100 valence electrons. The molecular formula is C14H22N2O2. The van der Waals surface area contributed by atoms with Crippen molar-refractivity contribution in [3.8, 4) is 0 Å². The van der Waals surface area contributed by atoms with E-state index in [-0.39, 0.29) is 11.9 Å². The fourth-order valence-corrected chi connectivity index (χ4v) is 2.43. The van der Waals surface area contributed by atoms with Crippen molar-refractivity contribution in [1.82, 2.24) is 9.47 Å². The van der Waals surface area contributed by atoms with Gasteiger partial charge in [0.1, 0.15) is 0 Å². The lowest BCUT2D eigenvalue weighted by molar-refractivity contribution is -0.0523. The number of aromatic nitrogens is 1. The highest BCUT2D eigenvalue weighted by Gasteiger charge is 2.27. The zero-order valence-electron chi connectivity index (χ0n) is 11.4. The van der Waals surface area contributed by atoms with Crippen LogP contribution in [0.4, 0.5) is 0 Å². The summed E-state index contributed by atoms with van der Waals surface area (Å²) >= 11 is 0. The van der Waals surface area contributed by atoms with E-state index in [9.17, 15) is 4.79 Å². The molecule has 0 spiro atoms. The average molecular weight is 250 g/mol. The molecule has 1 aliphatic rings. The van der Waals surface area contributed by atoms with Gasteiger partial charge >= 0.3 is 0 Å². The maximum Gasteiger partial charge on any atom is 0.178 e. The smallest absolute Gasteiger partial charge is 0.178 e. The SMILES string of the molecule is CCC1COC(C)CN1CC(=O)c1ccn(C)c1. The lowest BCUT2D eigenvalue weighted by Gasteiger charge is -2.37. The summed E-state index contributed by atoms with van der Waals surface area (Å²) in [5.74, 6) is 0.197. The van der Waals surface area contributed by atoms with E-state index in [0.29, 0.717) is 12.6 Å². The van der Waals surface area contributed by atoms with Crippen LogP contribution in [0, 0.1) is 0 Å². The summed E-state index contributed by atoms with van der Waals surface area (Å²) in [6.45, 7) is 6.28. The third-order valence-electron chi connectivity index (χ3n) is 3.55. The molecule has 2 heterocycles. The molecule has 1 aromatic rings. The van der Waals surface area contributed by atoms with Crippen LogP contribution >= 0.6 is 0 Å². The summed E-state index contributed by atoms with van der Waals surface area (Å²) in [7, 11) is 1.93. The highest BCUT2D eigenvalue weighted by molar-refractivity contribution is 5.97. The number of hydrogen-bond acceptors (Lipinski definition) is 3. The Bertz CT molecular complexity index is 414. The van der Waals surface area contributed by atoms with Crippen molar-refractivity contribution in [2.45, 2.75) is 32.4 Å². The quantitative estimate of drug-likeness (QED) is 0.763. The minimum atomic E-state index is 0.197. The molecule has 1 saturated heterocycles. The Labute approximate surface area is 109 Å². The van der Waals surface area contributed by atoms with E-state index in [1.807, 2.05) is 30.1 Å². The van der Waals surface area contributed by atoms with Crippen molar-refractivity contribution in [2.75, 3.05) is 19.7 Å². The Morgan fingerprint density at radius 3 is 2.94 bits per heavy atom. The zero-order chi connectivity index (χ0) is 13.1. The van der Waals surface area contributed by atoms with Gasteiger partial charge < -0.3 is 9.30 Å². The molecule has 2 atom stereocenters. The molecule has 0 N–H and O–H groups in total. The summed E-state index contributed by atoms with van der Waals surface area (Å²) in [6.07, 6.45) is 5.03. The van der Waals surface area contributed by atoms with Crippen LogP contribution in [0.15, 0.2) is 18.5 Å². The second kappa shape index (κ2) is 5.67. The number of hydrogen-bond donors (Lipinski definition) is 0. The molecule has 4 nitrogen and oxygen atoms in total. The molecule has 0 saturated carbocycles. The van der Waals surface area contributed by atoms with E-state index in [1.54, 1.807) is 0 Å². The summed E-state index contributed by atoms with van der Waals surface area (Å²) in [5, 5.41) is 0. The number of ether oxygens (including phenoxy) is 1. The van der Waals surface area contributed by atoms with Gasteiger partial charge in [-0.25, -0.2) is 0 Å². The maximum absolute atomic E-state index is 12.2. The third kappa shape index (κ3) is 3.00. The Morgan fingerprint density at radius 1 is 1.56 bits per heavy atom. The highest BCUT2D eigenvalue weighted by Crippen LogP contribution is 2.15. The van der Waals surface area contributed by atoms with Crippen LogP contribution in [-0.2, 0) is 11.8 Å². The third-order valence-corrected chi connectivity index (χ3v) is 3.55.